The lowest BCUT2D eigenvalue weighted by Gasteiger charge is -2.65. The van der Waals surface area contributed by atoms with Crippen LogP contribution in [0.2, 0.25) is 0 Å². The lowest BCUT2D eigenvalue weighted by atomic mass is 9.39. The highest BCUT2D eigenvalue weighted by atomic mass is 16.3. The Bertz CT molecular complexity index is 818. The van der Waals surface area contributed by atoms with E-state index in [2.05, 4.69) is 59.9 Å². The summed E-state index contributed by atoms with van der Waals surface area (Å²) in [7, 11) is 0. The average Bonchev–Trinajstić information content (AvgIpc) is 3.16. The molecule has 3 heteroatoms. The minimum atomic E-state index is -0.578. The molecule has 3 fully saturated rings. The minimum absolute atomic E-state index is 0.0411. The summed E-state index contributed by atoms with van der Waals surface area (Å²) < 4.78 is 0. The molecule has 1 amide bonds. The van der Waals surface area contributed by atoms with Crippen molar-refractivity contribution in [3.05, 3.63) is 11.6 Å². The standard InChI is InChI=1S/C32H55NO2/c1-9-33-29(35)31(7)22(5)28(34)19-23-13-14-24-26-16-15-25(21(4)12-10-11-20(2)3)30(26,6)18-17-27(24)32(23,31)8/h13,20-22,24-28,34H,9-12,14-19H2,1-8H3,(H,33,35)/t21-,22?,24+,25-,26+,27+,28+,30-,31?,32+/m1/s1. The van der Waals surface area contributed by atoms with E-state index < -0.39 is 11.5 Å². The number of carbonyl (C=O) groups excluding carboxylic acids is 1. The maximum absolute atomic E-state index is 13.7. The molecule has 200 valence electrons. The van der Waals surface area contributed by atoms with E-state index in [1.807, 2.05) is 6.92 Å². The van der Waals surface area contributed by atoms with Crippen molar-refractivity contribution in [1.29, 1.82) is 0 Å². The zero-order chi connectivity index (χ0) is 25.8. The van der Waals surface area contributed by atoms with E-state index in [-0.39, 0.29) is 17.2 Å². The zero-order valence-corrected chi connectivity index (χ0v) is 24.1. The second kappa shape index (κ2) is 9.80. The molecule has 35 heavy (non-hydrogen) atoms. The molecule has 2 N–H and O–H groups in total. The van der Waals surface area contributed by atoms with Gasteiger partial charge in [-0.05, 0) is 99.2 Å². The topological polar surface area (TPSA) is 49.3 Å². The first kappa shape index (κ1) is 27.2. The highest BCUT2D eigenvalue weighted by Gasteiger charge is 2.67. The fraction of sp³-hybridized carbons (Fsp3) is 0.906. The molecule has 3 saturated carbocycles. The molecular weight excluding hydrogens is 430 g/mol. The number of allylic oxidation sites excluding steroid dienone is 1. The second-order valence-corrected chi connectivity index (χ2v) is 14.2. The Morgan fingerprint density at radius 3 is 2.49 bits per heavy atom. The lowest BCUT2D eigenvalue weighted by molar-refractivity contribution is -0.167. The van der Waals surface area contributed by atoms with Gasteiger partial charge in [-0.15, -0.1) is 0 Å². The van der Waals surface area contributed by atoms with Crippen LogP contribution in [0, 0.1) is 57.7 Å². The van der Waals surface area contributed by atoms with Gasteiger partial charge in [0.2, 0.25) is 5.91 Å². The van der Waals surface area contributed by atoms with Gasteiger partial charge in [-0.3, -0.25) is 4.79 Å². The summed E-state index contributed by atoms with van der Waals surface area (Å²) in [6.45, 7) is 19.3. The summed E-state index contributed by atoms with van der Waals surface area (Å²) >= 11 is 0. The van der Waals surface area contributed by atoms with Crippen LogP contribution in [0.5, 0.6) is 0 Å². The van der Waals surface area contributed by atoms with Crippen LogP contribution >= 0.6 is 0 Å². The van der Waals surface area contributed by atoms with E-state index >= 15 is 0 Å². The molecule has 4 rings (SSSR count). The van der Waals surface area contributed by atoms with Crippen LogP contribution in [0.15, 0.2) is 11.6 Å². The predicted octanol–water partition coefficient (Wildman–Crippen LogP) is 7.39. The Kier molecular flexibility index (Phi) is 7.62. The summed E-state index contributed by atoms with van der Waals surface area (Å²) in [5, 5.41) is 14.2. The first-order chi connectivity index (χ1) is 16.4. The van der Waals surface area contributed by atoms with Gasteiger partial charge in [0.25, 0.3) is 0 Å². The zero-order valence-electron chi connectivity index (χ0n) is 24.1. The normalized spacial score (nSPS) is 45.8. The van der Waals surface area contributed by atoms with Gasteiger partial charge in [0.1, 0.15) is 0 Å². The molecule has 0 bridgehead atoms. The average molecular weight is 486 g/mol. The number of fused-ring (bicyclic) bond motifs is 5. The lowest BCUT2D eigenvalue weighted by Crippen LogP contribution is -2.65. The van der Waals surface area contributed by atoms with Crippen molar-refractivity contribution >= 4 is 5.91 Å². The van der Waals surface area contributed by atoms with Crippen LogP contribution < -0.4 is 5.32 Å². The number of aliphatic hydroxyl groups excluding tert-OH is 1. The van der Waals surface area contributed by atoms with Crippen molar-refractivity contribution in [2.75, 3.05) is 6.54 Å². The number of carbonyl (C=O) groups is 1. The molecular formula is C32H55NO2. The van der Waals surface area contributed by atoms with Crippen LogP contribution in [-0.4, -0.2) is 23.7 Å². The Morgan fingerprint density at radius 2 is 1.83 bits per heavy atom. The molecule has 0 radical (unpaired) electrons. The smallest absolute Gasteiger partial charge is 0.227 e. The van der Waals surface area contributed by atoms with Crippen LogP contribution in [0.4, 0.5) is 0 Å². The van der Waals surface area contributed by atoms with E-state index in [1.54, 1.807) is 0 Å². The first-order valence-electron chi connectivity index (χ1n) is 15.1. The van der Waals surface area contributed by atoms with Gasteiger partial charge >= 0.3 is 0 Å². The Hall–Kier alpha value is -0.830. The summed E-state index contributed by atoms with van der Waals surface area (Å²) in [6, 6.07) is 0. The monoisotopic (exact) mass is 485 g/mol. The maximum atomic E-state index is 13.7. The van der Waals surface area contributed by atoms with Crippen molar-refractivity contribution in [3.63, 3.8) is 0 Å². The Morgan fingerprint density at radius 1 is 1.11 bits per heavy atom. The minimum Gasteiger partial charge on any atom is -0.392 e. The molecule has 0 aromatic carbocycles. The molecule has 0 aromatic rings. The van der Waals surface area contributed by atoms with Crippen molar-refractivity contribution in [2.45, 2.75) is 119 Å². The molecule has 10 atom stereocenters. The van der Waals surface area contributed by atoms with Gasteiger partial charge in [0.15, 0.2) is 0 Å². The van der Waals surface area contributed by atoms with Gasteiger partial charge in [0.05, 0.1) is 11.5 Å². The van der Waals surface area contributed by atoms with Gasteiger partial charge < -0.3 is 10.4 Å². The summed E-state index contributed by atoms with van der Waals surface area (Å²) in [5.41, 5.74) is 1.07. The maximum Gasteiger partial charge on any atom is 0.227 e. The van der Waals surface area contributed by atoms with Gasteiger partial charge in [-0.2, -0.15) is 0 Å². The number of nitrogens with one attached hydrogen (secondary N) is 1. The van der Waals surface area contributed by atoms with E-state index in [4.69, 9.17) is 0 Å². The van der Waals surface area contributed by atoms with E-state index in [1.165, 1.54) is 50.5 Å². The molecule has 4 aliphatic rings. The molecule has 0 saturated heterocycles. The van der Waals surface area contributed by atoms with Crippen LogP contribution in [0.1, 0.15) is 113 Å². The van der Waals surface area contributed by atoms with Crippen molar-refractivity contribution in [1.82, 2.24) is 5.32 Å². The summed E-state index contributed by atoms with van der Waals surface area (Å²) in [6.07, 6.45) is 13.4. The third kappa shape index (κ3) is 4.05. The SMILES string of the molecule is CCNC(=O)C1(C)C(C)[C@@H](O)CC2=CC[C@H]3[C@@H]4CC[C@H]([C@H](C)CCCC(C)C)[C@@]4(C)CC[C@@H]3[C@]21C. The highest BCUT2D eigenvalue weighted by Crippen LogP contribution is 2.71. The number of hydrogen-bond acceptors (Lipinski definition) is 2. The number of aliphatic hydroxyl groups is 1. The largest absolute Gasteiger partial charge is 0.392 e. The summed E-state index contributed by atoms with van der Waals surface area (Å²) in [4.78, 5) is 13.7. The van der Waals surface area contributed by atoms with Gasteiger partial charge in [-0.25, -0.2) is 0 Å². The fourth-order valence-corrected chi connectivity index (χ4v) is 10.1. The molecule has 0 aromatic heterocycles. The van der Waals surface area contributed by atoms with Crippen molar-refractivity contribution < 1.29 is 9.90 Å². The molecule has 0 heterocycles. The highest BCUT2D eigenvalue weighted by molar-refractivity contribution is 5.84. The van der Waals surface area contributed by atoms with Crippen LogP contribution in [0.25, 0.3) is 0 Å². The number of rotatable bonds is 7. The number of amides is 1. The van der Waals surface area contributed by atoms with Crippen molar-refractivity contribution in [2.24, 2.45) is 57.7 Å². The Balaban J connectivity index is 1.63. The Labute approximate surface area is 216 Å². The van der Waals surface area contributed by atoms with E-state index in [0.29, 0.717) is 23.8 Å². The fourth-order valence-electron chi connectivity index (χ4n) is 10.1. The third-order valence-corrected chi connectivity index (χ3v) is 12.5. The second-order valence-electron chi connectivity index (χ2n) is 14.2. The van der Waals surface area contributed by atoms with E-state index in [9.17, 15) is 9.90 Å². The van der Waals surface area contributed by atoms with Gasteiger partial charge in [0, 0.05) is 12.0 Å². The molecule has 2 unspecified atom stereocenters. The van der Waals surface area contributed by atoms with Crippen LogP contribution in [-0.2, 0) is 4.79 Å². The molecule has 4 aliphatic carbocycles. The summed E-state index contributed by atoms with van der Waals surface area (Å²) in [5.74, 6) is 4.57. The number of hydrogen-bond donors (Lipinski definition) is 2. The quantitative estimate of drug-likeness (QED) is 0.369. The molecule has 3 nitrogen and oxygen atoms in total. The molecule has 0 spiro atoms. The molecule has 0 aliphatic heterocycles. The van der Waals surface area contributed by atoms with Crippen LogP contribution in [0.3, 0.4) is 0 Å². The first-order valence-corrected chi connectivity index (χ1v) is 15.1. The van der Waals surface area contributed by atoms with E-state index in [0.717, 1.165) is 36.5 Å². The third-order valence-electron chi connectivity index (χ3n) is 12.5. The van der Waals surface area contributed by atoms with Gasteiger partial charge in [-0.1, -0.05) is 72.5 Å². The predicted molar refractivity (Wildman–Crippen MR) is 146 cm³/mol. The van der Waals surface area contributed by atoms with Crippen molar-refractivity contribution in [3.8, 4) is 0 Å².